The molecule has 0 radical (unpaired) electrons. The lowest BCUT2D eigenvalue weighted by atomic mass is 10.1. The van der Waals surface area contributed by atoms with E-state index in [1.54, 1.807) is 4.57 Å². The van der Waals surface area contributed by atoms with Crippen LogP contribution in [0.15, 0.2) is 17.1 Å². The molecule has 0 spiro atoms. The largest absolute Gasteiger partial charge is 0.477 e. The van der Waals surface area contributed by atoms with Gasteiger partial charge < -0.3 is 19.9 Å². The molecule has 0 saturated carbocycles. The van der Waals surface area contributed by atoms with Gasteiger partial charge in [0.2, 0.25) is 5.43 Å². The van der Waals surface area contributed by atoms with Crippen molar-refractivity contribution >= 4 is 22.8 Å². The van der Waals surface area contributed by atoms with E-state index in [0.29, 0.717) is 18.7 Å². The number of nitrogens with zero attached hydrogens (tertiary/aromatic N) is 3. The van der Waals surface area contributed by atoms with Gasteiger partial charge in [-0.3, -0.25) is 4.79 Å². The van der Waals surface area contributed by atoms with Crippen molar-refractivity contribution in [3.8, 4) is 0 Å². The number of carbonyl (C=O) groups is 1. The number of nitrogens with one attached hydrogen (secondary N) is 1. The van der Waals surface area contributed by atoms with Crippen molar-refractivity contribution in [1.29, 1.82) is 0 Å². The van der Waals surface area contributed by atoms with Crippen molar-refractivity contribution in [3.05, 3.63) is 33.9 Å². The predicted molar refractivity (Wildman–Crippen MR) is 102 cm³/mol. The van der Waals surface area contributed by atoms with Gasteiger partial charge in [-0.1, -0.05) is 6.92 Å². The van der Waals surface area contributed by atoms with Gasteiger partial charge in [0.1, 0.15) is 11.2 Å². The van der Waals surface area contributed by atoms with Crippen LogP contribution >= 0.6 is 0 Å². The number of hydrogen-bond acceptors (Lipinski definition) is 5. The van der Waals surface area contributed by atoms with Crippen LogP contribution in [0.5, 0.6) is 0 Å². The molecular weight excluding hydrogens is 351 g/mol. The highest BCUT2D eigenvalue weighted by molar-refractivity contribution is 5.92. The fraction of sp³-hybridized carbons (Fsp3) is 0.526. The van der Waals surface area contributed by atoms with Gasteiger partial charge in [-0.2, -0.15) is 0 Å². The molecule has 3 heterocycles. The Morgan fingerprint density at radius 2 is 2.15 bits per heavy atom. The molecule has 0 amide bonds. The molecule has 1 saturated heterocycles. The molecule has 0 bridgehead atoms. The summed E-state index contributed by atoms with van der Waals surface area (Å²) in [5, 5.41) is 12.7. The number of carboxylic acid groups (broad SMARTS) is 1. The Hall–Kier alpha value is -2.48. The summed E-state index contributed by atoms with van der Waals surface area (Å²) in [5.74, 6) is -1.75. The molecule has 8 heteroatoms. The van der Waals surface area contributed by atoms with Gasteiger partial charge in [0.25, 0.3) is 0 Å². The molecule has 0 aliphatic carbocycles. The van der Waals surface area contributed by atoms with Gasteiger partial charge >= 0.3 is 5.97 Å². The third-order valence-electron chi connectivity index (χ3n) is 4.91. The summed E-state index contributed by atoms with van der Waals surface area (Å²) < 4.78 is 16.5. The zero-order valence-electron chi connectivity index (χ0n) is 16.0. The molecule has 2 aromatic heterocycles. The quantitative estimate of drug-likeness (QED) is 0.854. The molecule has 1 aliphatic rings. The number of carboxylic acids is 1. The molecule has 146 valence electrons. The molecule has 27 heavy (non-hydrogen) atoms. The Bertz CT molecular complexity index is 949. The van der Waals surface area contributed by atoms with Crippen molar-refractivity contribution in [2.45, 2.75) is 45.7 Å². The maximum absolute atomic E-state index is 14.9. The molecule has 1 aliphatic heterocycles. The lowest BCUT2D eigenvalue weighted by Gasteiger charge is -2.34. The van der Waals surface area contributed by atoms with Crippen LogP contribution in [0, 0.1) is 5.82 Å². The van der Waals surface area contributed by atoms with Gasteiger partial charge in [-0.05, 0) is 33.3 Å². The zero-order chi connectivity index (χ0) is 19.9. The monoisotopic (exact) mass is 376 g/mol. The lowest BCUT2D eigenvalue weighted by molar-refractivity contribution is 0.0694. The van der Waals surface area contributed by atoms with E-state index >= 15 is 0 Å². The molecule has 1 unspecified atom stereocenters. The first kappa shape index (κ1) is 19.3. The van der Waals surface area contributed by atoms with E-state index in [1.807, 2.05) is 25.7 Å². The first-order valence-electron chi connectivity index (χ1n) is 9.11. The van der Waals surface area contributed by atoms with Gasteiger partial charge in [0.05, 0.1) is 5.39 Å². The predicted octanol–water partition coefficient (Wildman–Crippen LogP) is 2.18. The Kier molecular flexibility index (Phi) is 4.94. The second-order valence-corrected chi connectivity index (χ2v) is 7.89. The summed E-state index contributed by atoms with van der Waals surface area (Å²) in [6, 6.07) is 1.37. The second-order valence-electron chi connectivity index (χ2n) is 7.89. The smallest absolute Gasteiger partial charge is 0.341 e. The third-order valence-corrected chi connectivity index (χ3v) is 4.91. The minimum absolute atomic E-state index is 0.0201. The van der Waals surface area contributed by atoms with Gasteiger partial charge in [-0.25, -0.2) is 14.2 Å². The van der Waals surface area contributed by atoms with Crippen molar-refractivity contribution in [3.63, 3.8) is 0 Å². The van der Waals surface area contributed by atoms with Crippen LogP contribution in [0.1, 0.15) is 44.5 Å². The van der Waals surface area contributed by atoms with Gasteiger partial charge in [0.15, 0.2) is 11.6 Å². The summed E-state index contributed by atoms with van der Waals surface area (Å²) in [4.78, 5) is 30.4. The average Bonchev–Trinajstić information content (AvgIpc) is 2.60. The van der Waals surface area contributed by atoms with Crippen molar-refractivity contribution in [2.75, 3.05) is 24.5 Å². The number of aromatic nitrogens is 2. The first-order valence-corrected chi connectivity index (χ1v) is 9.11. The minimum Gasteiger partial charge on any atom is -0.477 e. The highest BCUT2D eigenvalue weighted by atomic mass is 19.1. The molecule has 0 aromatic carbocycles. The number of hydrogen-bond donors (Lipinski definition) is 2. The van der Waals surface area contributed by atoms with Crippen LogP contribution in [0.3, 0.4) is 0 Å². The van der Waals surface area contributed by atoms with Crippen LogP contribution in [0.25, 0.3) is 11.0 Å². The molecule has 2 N–H and O–H groups in total. The SMILES string of the molecule is CCC1CN(c2nc3c(cc2F)c(=O)c(C(=O)O)cn3C(C)(C)C)CCN1. The topological polar surface area (TPSA) is 87.5 Å². The molecule has 7 nitrogen and oxygen atoms in total. The van der Waals surface area contributed by atoms with E-state index in [4.69, 9.17) is 0 Å². The molecule has 3 rings (SSSR count). The van der Waals surface area contributed by atoms with Crippen LogP contribution in [-0.2, 0) is 5.54 Å². The number of rotatable bonds is 3. The molecule has 2 aromatic rings. The molecule has 1 fully saturated rings. The van der Waals surface area contributed by atoms with E-state index in [9.17, 15) is 19.1 Å². The maximum Gasteiger partial charge on any atom is 0.341 e. The third kappa shape index (κ3) is 3.53. The maximum atomic E-state index is 14.9. The van der Waals surface area contributed by atoms with Crippen LogP contribution in [-0.4, -0.2) is 46.3 Å². The summed E-state index contributed by atoms with van der Waals surface area (Å²) in [6.45, 7) is 9.66. The van der Waals surface area contributed by atoms with Crippen LogP contribution < -0.4 is 15.6 Å². The summed E-state index contributed by atoms with van der Waals surface area (Å²) in [6.07, 6.45) is 2.22. The van der Waals surface area contributed by atoms with Crippen molar-refractivity contribution in [1.82, 2.24) is 14.9 Å². The number of aromatic carboxylic acids is 1. The summed E-state index contributed by atoms with van der Waals surface area (Å²) >= 11 is 0. The van der Waals surface area contributed by atoms with Crippen LogP contribution in [0.2, 0.25) is 0 Å². The second kappa shape index (κ2) is 6.92. The number of pyridine rings is 2. The normalized spacial score (nSPS) is 18.1. The highest BCUT2D eigenvalue weighted by Gasteiger charge is 2.26. The number of piperazine rings is 1. The Morgan fingerprint density at radius 3 is 2.74 bits per heavy atom. The van der Waals surface area contributed by atoms with Gasteiger partial charge in [0, 0.05) is 37.4 Å². The number of halogens is 1. The standard InChI is InChI=1S/C19H25FN4O3/c1-5-11-9-23(7-6-21-11)17-14(20)8-12-15(25)13(18(26)27)10-24(16(12)22-17)19(2,3)4/h8,10-11,21H,5-7,9H2,1-4H3,(H,26,27). The first-order chi connectivity index (χ1) is 12.6. The summed E-state index contributed by atoms with van der Waals surface area (Å²) in [5.41, 5.74) is -1.35. The Labute approximate surface area is 156 Å². The fourth-order valence-electron chi connectivity index (χ4n) is 3.39. The minimum atomic E-state index is -1.34. The highest BCUT2D eigenvalue weighted by Crippen LogP contribution is 2.26. The molecule has 1 atom stereocenters. The van der Waals surface area contributed by atoms with Crippen molar-refractivity contribution < 1.29 is 14.3 Å². The number of anilines is 1. The van der Waals surface area contributed by atoms with E-state index in [1.165, 1.54) is 6.20 Å². The molecular formula is C19H25FN4O3. The van der Waals surface area contributed by atoms with E-state index in [-0.39, 0.29) is 22.8 Å². The van der Waals surface area contributed by atoms with E-state index in [0.717, 1.165) is 19.0 Å². The Morgan fingerprint density at radius 1 is 1.44 bits per heavy atom. The van der Waals surface area contributed by atoms with Gasteiger partial charge in [-0.15, -0.1) is 0 Å². The average molecular weight is 376 g/mol. The Balaban J connectivity index is 2.25. The van der Waals surface area contributed by atoms with E-state index < -0.39 is 22.8 Å². The van der Waals surface area contributed by atoms with Crippen LogP contribution in [0.4, 0.5) is 10.2 Å². The van der Waals surface area contributed by atoms with E-state index in [2.05, 4.69) is 17.2 Å². The zero-order valence-corrected chi connectivity index (χ0v) is 16.0. The van der Waals surface area contributed by atoms with Crippen molar-refractivity contribution in [2.24, 2.45) is 0 Å². The fourth-order valence-corrected chi connectivity index (χ4v) is 3.39. The number of fused-ring (bicyclic) bond motifs is 1. The lowest BCUT2D eigenvalue weighted by Crippen LogP contribution is -2.51. The summed E-state index contributed by atoms with van der Waals surface area (Å²) in [7, 11) is 0.